The van der Waals surface area contributed by atoms with Crippen molar-refractivity contribution in [2.75, 3.05) is 0 Å². The third-order valence-corrected chi connectivity index (χ3v) is 5.75. The highest BCUT2D eigenvalue weighted by atomic mass is 35.5. The Morgan fingerprint density at radius 1 is 0.914 bits per heavy atom. The molecular formula is C27H17ClN4O3. The molecule has 0 spiro atoms. The lowest BCUT2D eigenvalue weighted by Gasteiger charge is -2.15. The van der Waals surface area contributed by atoms with Gasteiger partial charge in [0.25, 0.3) is 11.2 Å². The molecule has 1 aromatic heterocycles. The van der Waals surface area contributed by atoms with E-state index in [0.717, 1.165) is 11.3 Å². The molecule has 5 aromatic rings. The average molecular weight is 481 g/mol. The Kier molecular flexibility index (Phi) is 5.91. The van der Waals surface area contributed by atoms with Crippen LogP contribution in [0, 0.1) is 10.1 Å². The fraction of sp³-hybridized carbons (Fsp3) is 0. The van der Waals surface area contributed by atoms with E-state index in [9.17, 15) is 14.9 Å². The van der Waals surface area contributed by atoms with E-state index < -0.39 is 4.92 Å². The number of benzene rings is 4. The molecule has 35 heavy (non-hydrogen) atoms. The van der Waals surface area contributed by atoms with Crippen LogP contribution in [0.3, 0.4) is 0 Å². The van der Waals surface area contributed by atoms with Crippen molar-refractivity contribution in [3.8, 4) is 17.1 Å². The first-order valence-electron chi connectivity index (χ1n) is 10.7. The van der Waals surface area contributed by atoms with E-state index in [1.807, 2.05) is 60.7 Å². The van der Waals surface area contributed by atoms with Gasteiger partial charge in [0.2, 0.25) is 0 Å². The van der Waals surface area contributed by atoms with Crippen LogP contribution >= 0.6 is 11.6 Å². The molecule has 0 atom stereocenters. The van der Waals surface area contributed by atoms with Gasteiger partial charge in [0.1, 0.15) is 5.82 Å². The van der Waals surface area contributed by atoms with Crippen molar-refractivity contribution < 1.29 is 4.92 Å². The molecule has 8 heteroatoms. The molecule has 0 amide bonds. The number of rotatable bonds is 5. The summed E-state index contributed by atoms with van der Waals surface area (Å²) in [7, 11) is 0. The topological polar surface area (TPSA) is 90.4 Å². The van der Waals surface area contributed by atoms with E-state index >= 15 is 0 Å². The van der Waals surface area contributed by atoms with E-state index in [0.29, 0.717) is 28.0 Å². The van der Waals surface area contributed by atoms with Gasteiger partial charge >= 0.3 is 0 Å². The number of aromatic nitrogens is 2. The Labute approximate surface area is 204 Å². The monoisotopic (exact) mass is 480 g/mol. The third kappa shape index (κ3) is 4.45. The van der Waals surface area contributed by atoms with Crippen molar-refractivity contribution in [1.29, 1.82) is 0 Å². The van der Waals surface area contributed by atoms with Crippen molar-refractivity contribution in [2.24, 2.45) is 4.99 Å². The molecule has 0 unspecified atom stereocenters. The summed E-state index contributed by atoms with van der Waals surface area (Å²) in [5, 5.41) is 11.6. The molecule has 4 aromatic carbocycles. The Balaban J connectivity index is 1.64. The van der Waals surface area contributed by atoms with Gasteiger partial charge < -0.3 is 0 Å². The first kappa shape index (κ1) is 22.2. The summed E-state index contributed by atoms with van der Waals surface area (Å²) in [5.74, 6) is 0.364. The van der Waals surface area contributed by atoms with Gasteiger partial charge in [-0.25, -0.2) is 4.98 Å². The molecule has 0 radical (unpaired) electrons. The fourth-order valence-electron chi connectivity index (χ4n) is 3.73. The summed E-state index contributed by atoms with van der Waals surface area (Å²) >= 11 is 6.40. The highest BCUT2D eigenvalue weighted by Gasteiger charge is 2.18. The maximum Gasteiger partial charge on any atom is 0.271 e. The highest BCUT2D eigenvalue weighted by molar-refractivity contribution is 6.32. The van der Waals surface area contributed by atoms with Gasteiger partial charge in [-0.15, -0.1) is 0 Å². The van der Waals surface area contributed by atoms with Crippen LogP contribution in [-0.4, -0.2) is 20.7 Å². The van der Waals surface area contributed by atoms with Gasteiger partial charge in [-0.05, 0) is 48.0 Å². The molecule has 0 N–H and O–H groups in total. The highest BCUT2D eigenvalue weighted by Crippen LogP contribution is 2.30. The van der Waals surface area contributed by atoms with Crippen LogP contribution in [0.1, 0.15) is 5.56 Å². The largest absolute Gasteiger partial charge is 0.271 e. The van der Waals surface area contributed by atoms with Crippen molar-refractivity contribution in [2.45, 2.75) is 0 Å². The molecular weight excluding hydrogens is 464 g/mol. The molecule has 0 aliphatic rings. The molecule has 0 aliphatic heterocycles. The SMILES string of the molecule is O=c1c2ccccc2nc(-c2ccc(N=Cc3ccccc3)cc2)n1-c1ccc([N+](=O)[O-])cc1Cl. The molecule has 7 nitrogen and oxygen atoms in total. The summed E-state index contributed by atoms with van der Waals surface area (Å²) in [5.41, 5.74) is 2.74. The zero-order valence-electron chi connectivity index (χ0n) is 18.2. The summed E-state index contributed by atoms with van der Waals surface area (Å²) in [6, 6.07) is 28.1. The molecule has 1 heterocycles. The van der Waals surface area contributed by atoms with Gasteiger partial charge in [-0.3, -0.25) is 24.5 Å². The number of hydrogen-bond acceptors (Lipinski definition) is 5. The van der Waals surface area contributed by atoms with Crippen molar-refractivity contribution in [3.63, 3.8) is 0 Å². The minimum atomic E-state index is -0.535. The maximum atomic E-state index is 13.5. The van der Waals surface area contributed by atoms with E-state index in [1.165, 1.54) is 22.8 Å². The quantitative estimate of drug-likeness (QED) is 0.166. The maximum absolute atomic E-state index is 13.5. The van der Waals surface area contributed by atoms with E-state index in [1.54, 1.807) is 24.4 Å². The lowest BCUT2D eigenvalue weighted by atomic mass is 10.1. The Hall–Kier alpha value is -4.62. The van der Waals surface area contributed by atoms with Crippen molar-refractivity contribution in [3.05, 3.63) is 128 Å². The number of hydrogen-bond donors (Lipinski definition) is 0. The average Bonchev–Trinajstić information content (AvgIpc) is 2.89. The molecule has 0 saturated carbocycles. The molecule has 0 fully saturated rings. The molecule has 0 aliphatic carbocycles. The lowest BCUT2D eigenvalue weighted by Crippen LogP contribution is -2.22. The third-order valence-electron chi connectivity index (χ3n) is 5.45. The van der Waals surface area contributed by atoms with E-state index in [2.05, 4.69) is 4.99 Å². The van der Waals surface area contributed by atoms with Gasteiger partial charge in [0.05, 0.1) is 32.2 Å². The number of non-ortho nitro benzene ring substituents is 1. The van der Waals surface area contributed by atoms with Crippen LogP contribution in [0.4, 0.5) is 11.4 Å². The van der Waals surface area contributed by atoms with Crippen LogP contribution in [0.2, 0.25) is 5.02 Å². The Morgan fingerprint density at radius 2 is 1.63 bits per heavy atom. The number of nitro groups is 1. The number of nitrogens with zero attached hydrogens (tertiary/aromatic N) is 4. The Bertz CT molecular complexity index is 1650. The molecule has 170 valence electrons. The van der Waals surface area contributed by atoms with E-state index in [-0.39, 0.29) is 16.3 Å². The van der Waals surface area contributed by atoms with Gasteiger partial charge in [-0.2, -0.15) is 0 Å². The number of para-hydroxylation sites is 1. The lowest BCUT2D eigenvalue weighted by molar-refractivity contribution is -0.384. The fourth-order valence-corrected chi connectivity index (χ4v) is 3.98. The second-order valence-corrected chi connectivity index (χ2v) is 8.11. The van der Waals surface area contributed by atoms with Gasteiger partial charge in [0.15, 0.2) is 0 Å². The molecule has 0 saturated heterocycles. The first-order chi connectivity index (χ1) is 17.0. The number of aliphatic imine (C=N–C) groups is 1. The second-order valence-electron chi connectivity index (χ2n) is 7.70. The van der Waals surface area contributed by atoms with Crippen LogP contribution in [0.15, 0.2) is 107 Å². The second kappa shape index (κ2) is 9.32. The predicted molar refractivity (Wildman–Crippen MR) is 138 cm³/mol. The van der Waals surface area contributed by atoms with Crippen molar-refractivity contribution in [1.82, 2.24) is 9.55 Å². The summed E-state index contributed by atoms with van der Waals surface area (Å²) in [6.45, 7) is 0. The summed E-state index contributed by atoms with van der Waals surface area (Å²) in [4.78, 5) is 33.4. The van der Waals surface area contributed by atoms with Crippen LogP contribution in [0.5, 0.6) is 0 Å². The van der Waals surface area contributed by atoms with Crippen LogP contribution in [-0.2, 0) is 0 Å². The normalized spacial score (nSPS) is 11.2. The molecule has 5 rings (SSSR count). The summed E-state index contributed by atoms with van der Waals surface area (Å²) in [6.07, 6.45) is 1.77. The number of halogens is 1. The van der Waals surface area contributed by atoms with Crippen molar-refractivity contribution >= 4 is 40.1 Å². The zero-order valence-corrected chi connectivity index (χ0v) is 19.0. The van der Waals surface area contributed by atoms with Gasteiger partial charge in [-0.1, -0.05) is 54.1 Å². The standard InChI is InChI=1S/C27H17ClN4O3/c28-23-16-21(32(34)35)14-15-25(23)31-26(30-24-9-5-4-8-22(24)27(31)33)19-10-12-20(13-11-19)29-17-18-6-2-1-3-7-18/h1-17H. The van der Waals surface area contributed by atoms with Gasteiger partial charge in [0, 0.05) is 23.9 Å². The number of nitro benzene ring substituents is 1. The smallest absolute Gasteiger partial charge is 0.268 e. The summed E-state index contributed by atoms with van der Waals surface area (Å²) < 4.78 is 1.39. The Morgan fingerprint density at radius 3 is 2.34 bits per heavy atom. The predicted octanol–water partition coefficient (Wildman–Crippen LogP) is 6.36. The minimum absolute atomic E-state index is 0.0729. The number of fused-ring (bicyclic) bond motifs is 1. The van der Waals surface area contributed by atoms with E-state index in [4.69, 9.17) is 16.6 Å². The first-order valence-corrected chi connectivity index (χ1v) is 11.0. The minimum Gasteiger partial charge on any atom is -0.268 e. The van der Waals surface area contributed by atoms with Crippen LogP contribution in [0.25, 0.3) is 28.0 Å². The zero-order chi connectivity index (χ0) is 24.4. The van der Waals surface area contributed by atoms with Crippen LogP contribution < -0.4 is 5.56 Å². The molecule has 0 bridgehead atoms.